The summed E-state index contributed by atoms with van der Waals surface area (Å²) in [7, 11) is 0. The molecule has 0 radical (unpaired) electrons. The Hall–Kier alpha value is -2.59. The number of hydrogen-bond donors (Lipinski definition) is 1. The first-order chi connectivity index (χ1) is 15.7. The van der Waals surface area contributed by atoms with E-state index in [1.165, 1.54) is 16.9 Å². The molecule has 7 nitrogen and oxygen atoms in total. The van der Waals surface area contributed by atoms with Gasteiger partial charge in [0.2, 0.25) is 0 Å². The number of amides is 2. The van der Waals surface area contributed by atoms with Crippen LogP contribution in [-0.4, -0.2) is 70.5 Å². The lowest BCUT2D eigenvalue weighted by Gasteiger charge is -2.39. The standard InChI is InChI=1S/C23H30F3N5O2/c1-16-13-29(14-17(2)33-16)15-18-6-10-30(11-7-18)22(32)28-20-12-19(23(24,25)26)4-5-21(20)31-9-3-8-27-31/h3-5,8-9,12,16-18H,6-7,10-11,13-15H2,1-2H3,(H,28,32). The maximum absolute atomic E-state index is 13.3. The molecule has 1 aromatic heterocycles. The third kappa shape index (κ3) is 5.86. The van der Waals surface area contributed by atoms with Crippen molar-refractivity contribution in [3.05, 3.63) is 42.2 Å². The number of morpholine rings is 1. The smallest absolute Gasteiger partial charge is 0.373 e. The first kappa shape index (κ1) is 23.6. The zero-order chi connectivity index (χ0) is 23.6. The summed E-state index contributed by atoms with van der Waals surface area (Å²) in [5.41, 5.74) is -0.356. The van der Waals surface area contributed by atoms with Crippen molar-refractivity contribution in [1.82, 2.24) is 19.6 Å². The van der Waals surface area contributed by atoms with Gasteiger partial charge in [-0.05, 0) is 56.9 Å². The highest BCUT2D eigenvalue weighted by Crippen LogP contribution is 2.33. The normalized spacial score (nSPS) is 23.0. The highest BCUT2D eigenvalue weighted by molar-refractivity contribution is 5.91. The van der Waals surface area contributed by atoms with E-state index >= 15 is 0 Å². The summed E-state index contributed by atoms with van der Waals surface area (Å²) in [5, 5.41) is 6.78. The quantitative estimate of drug-likeness (QED) is 0.734. The van der Waals surface area contributed by atoms with E-state index in [-0.39, 0.29) is 17.9 Å². The number of likely N-dealkylation sites (tertiary alicyclic amines) is 1. The number of piperidine rings is 1. The fourth-order valence-corrected chi connectivity index (χ4v) is 4.74. The van der Waals surface area contributed by atoms with Gasteiger partial charge in [-0.2, -0.15) is 18.3 Å². The molecule has 2 unspecified atom stereocenters. The van der Waals surface area contributed by atoms with Crippen LogP contribution in [0.25, 0.3) is 5.69 Å². The lowest BCUT2D eigenvalue weighted by Crippen LogP contribution is -2.49. The van der Waals surface area contributed by atoms with Gasteiger partial charge in [0.25, 0.3) is 0 Å². The number of nitrogens with one attached hydrogen (secondary N) is 1. The second-order valence-electron chi connectivity index (χ2n) is 9.02. The van der Waals surface area contributed by atoms with Crippen molar-refractivity contribution in [2.75, 3.05) is 38.0 Å². The predicted molar refractivity (Wildman–Crippen MR) is 118 cm³/mol. The molecule has 2 saturated heterocycles. The Balaban J connectivity index is 1.39. The Morgan fingerprint density at radius 1 is 1.18 bits per heavy atom. The van der Waals surface area contributed by atoms with Gasteiger partial charge in [0.05, 0.1) is 29.1 Å². The molecule has 2 aliphatic heterocycles. The molecule has 2 fully saturated rings. The molecule has 33 heavy (non-hydrogen) atoms. The number of carbonyl (C=O) groups excluding carboxylic acids is 1. The number of alkyl halides is 3. The summed E-state index contributed by atoms with van der Waals surface area (Å²) in [6, 6.07) is 4.55. The average Bonchev–Trinajstić information content (AvgIpc) is 3.27. The zero-order valence-corrected chi connectivity index (χ0v) is 18.9. The van der Waals surface area contributed by atoms with E-state index in [2.05, 4.69) is 29.2 Å². The van der Waals surface area contributed by atoms with Crippen LogP contribution in [-0.2, 0) is 10.9 Å². The molecule has 4 rings (SSSR count). The summed E-state index contributed by atoms with van der Waals surface area (Å²) < 4.78 is 47.0. The molecule has 1 aromatic carbocycles. The van der Waals surface area contributed by atoms with E-state index in [9.17, 15) is 18.0 Å². The van der Waals surface area contributed by atoms with E-state index < -0.39 is 17.8 Å². The molecule has 0 saturated carbocycles. The van der Waals surface area contributed by atoms with E-state index in [0.29, 0.717) is 24.7 Å². The van der Waals surface area contributed by atoms with Gasteiger partial charge in [-0.3, -0.25) is 4.90 Å². The molecule has 1 N–H and O–H groups in total. The van der Waals surface area contributed by atoms with Crippen LogP contribution in [0.3, 0.4) is 0 Å². The van der Waals surface area contributed by atoms with Crippen LogP contribution >= 0.6 is 0 Å². The van der Waals surface area contributed by atoms with Crippen LogP contribution < -0.4 is 5.32 Å². The topological polar surface area (TPSA) is 62.6 Å². The Morgan fingerprint density at radius 2 is 1.88 bits per heavy atom. The number of aromatic nitrogens is 2. The van der Waals surface area contributed by atoms with Crippen molar-refractivity contribution in [2.24, 2.45) is 5.92 Å². The maximum Gasteiger partial charge on any atom is 0.416 e. The number of anilines is 1. The van der Waals surface area contributed by atoms with Crippen molar-refractivity contribution in [1.29, 1.82) is 0 Å². The number of rotatable bonds is 4. The van der Waals surface area contributed by atoms with E-state index in [4.69, 9.17) is 4.74 Å². The lowest BCUT2D eigenvalue weighted by molar-refractivity contribution is -0.137. The summed E-state index contributed by atoms with van der Waals surface area (Å²) in [6.07, 6.45) is 0.812. The second-order valence-corrected chi connectivity index (χ2v) is 9.02. The summed E-state index contributed by atoms with van der Waals surface area (Å²) in [5.74, 6) is 0.486. The maximum atomic E-state index is 13.3. The highest BCUT2D eigenvalue weighted by Gasteiger charge is 2.32. The molecule has 2 aliphatic rings. The van der Waals surface area contributed by atoms with Gasteiger partial charge in [-0.1, -0.05) is 0 Å². The van der Waals surface area contributed by atoms with E-state index in [0.717, 1.165) is 44.6 Å². The molecule has 180 valence electrons. The van der Waals surface area contributed by atoms with Crippen LogP contribution in [0.5, 0.6) is 0 Å². The van der Waals surface area contributed by atoms with Crippen LogP contribution in [0.1, 0.15) is 32.3 Å². The van der Waals surface area contributed by atoms with Crippen molar-refractivity contribution in [3.8, 4) is 5.69 Å². The SMILES string of the molecule is CC1CN(CC2CCN(C(=O)Nc3cc(C(F)(F)F)ccc3-n3cccn3)CC2)CC(C)O1. The zero-order valence-electron chi connectivity index (χ0n) is 18.9. The number of hydrogen-bond acceptors (Lipinski definition) is 4. The molecule has 0 bridgehead atoms. The molecular formula is C23H30F3N5O2. The third-order valence-corrected chi connectivity index (χ3v) is 6.23. The Labute approximate surface area is 191 Å². The monoisotopic (exact) mass is 465 g/mol. The van der Waals surface area contributed by atoms with Gasteiger partial charge in [0.15, 0.2) is 0 Å². The number of carbonyl (C=O) groups is 1. The molecule has 2 aromatic rings. The Morgan fingerprint density at radius 3 is 2.48 bits per heavy atom. The van der Waals surface area contributed by atoms with Crippen molar-refractivity contribution >= 4 is 11.7 Å². The molecular weight excluding hydrogens is 435 g/mol. The van der Waals surface area contributed by atoms with Crippen molar-refractivity contribution in [2.45, 2.75) is 45.1 Å². The fourth-order valence-electron chi connectivity index (χ4n) is 4.74. The third-order valence-electron chi connectivity index (χ3n) is 6.23. The lowest BCUT2D eigenvalue weighted by atomic mass is 9.96. The van der Waals surface area contributed by atoms with Gasteiger partial charge < -0.3 is 15.0 Å². The minimum Gasteiger partial charge on any atom is -0.373 e. The summed E-state index contributed by atoms with van der Waals surface area (Å²) in [4.78, 5) is 17.0. The second kappa shape index (κ2) is 9.72. The molecule has 0 aliphatic carbocycles. The number of nitrogens with zero attached hydrogens (tertiary/aromatic N) is 4. The first-order valence-electron chi connectivity index (χ1n) is 11.3. The van der Waals surface area contributed by atoms with Gasteiger partial charge >= 0.3 is 12.2 Å². The van der Waals surface area contributed by atoms with Crippen molar-refractivity contribution in [3.63, 3.8) is 0 Å². The summed E-state index contributed by atoms with van der Waals surface area (Å²) in [6.45, 7) is 8.12. The van der Waals surface area contributed by atoms with Crippen LogP contribution in [0.2, 0.25) is 0 Å². The Kier molecular flexibility index (Phi) is 6.94. The minimum atomic E-state index is -4.51. The fraction of sp³-hybridized carbons (Fsp3) is 0.565. The summed E-state index contributed by atoms with van der Waals surface area (Å²) >= 11 is 0. The molecule has 10 heteroatoms. The Bertz CT molecular complexity index is 932. The van der Waals surface area contributed by atoms with Crippen LogP contribution in [0, 0.1) is 5.92 Å². The predicted octanol–water partition coefficient (Wildman–Crippen LogP) is 4.24. The van der Waals surface area contributed by atoms with Gasteiger partial charge in [0.1, 0.15) is 0 Å². The molecule has 0 spiro atoms. The number of ether oxygens (including phenoxy) is 1. The van der Waals surface area contributed by atoms with Crippen molar-refractivity contribution < 1.29 is 22.7 Å². The number of urea groups is 1. The molecule has 2 atom stereocenters. The minimum absolute atomic E-state index is 0.0805. The van der Waals surface area contributed by atoms with Gasteiger partial charge in [-0.15, -0.1) is 0 Å². The van der Waals surface area contributed by atoms with E-state index in [1.807, 2.05) is 0 Å². The van der Waals surface area contributed by atoms with Crippen LogP contribution in [0.4, 0.5) is 23.7 Å². The van der Waals surface area contributed by atoms with Gasteiger partial charge in [-0.25, -0.2) is 9.48 Å². The first-order valence-corrected chi connectivity index (χ1v) is 11.3. The highest BCUT2D eigenvalue weighted by atomic mass is 19.4. The largest absolute Gasteiger partial charge is 0.416 e. The molecule has 3 heterocycles. The van der Waals surface area contributed by atoms with Gasteiger partial charge in [0, 0.05) is 45.1 Å². The van der Waals surface area contributed by atoms with E-state index in [1.54, 1.807) is 17.2 Å². The number of benzene rings is 1. The molecule has 2 amide bonds. The number of halogens is 3. The average molecular weight is 466 g/mol. The van der Waals surface area contributed by atoms with Crippen LogP contribution in [0.15, 0.2) is 36.7 Å².